The van der Waals surface area contributed by atoms with E-state index in [2.05, 4.69) is 46.6 Å². The van der Waals surface area contributed by atoms with Crippen molar-refractivity contribution in [2.75, 3.05) is 32.7 Å². The Morgan fingerprint density at radius 2 is 1.73 bits per heavy atom. The van der Waals surface area contributed by atoms with Crippen LogP contribution < -0.4 is 9.80 Å². The summed E-state index contributed by atoms with van der Waals surface area (Å²) in [5.41, 5.74) is 1.26. The van der Waals surface area contributed by atoms with Gasteiger partial charge in [-0.3, -0.25) is 0 Å². The molecule has 0 amide bonds. The quantitative estimate of drug-likeness (QED) is 0.671. The van der Waals surface area contributed by atoms with E-state index in [0.717, 1.165) is 39.3 Å². The van der Waals surface area contributed by atoms with Crippen LogP contribution in [0.15, 0.2) is 63.6 Å². The van der Waals surface area contributed by atoms with Crippen LogP contribution in [0.4, 0.5) is 0 Å². The van der Waals surface area contributed by atoms with Crippen LogP contribution in [0.25, 0.3) is 17.7 Å². The largest absolute Gasteiger partial charge is 0.459 e. The Hall–Kier alpha value is -2.70. The third-order valence-corrected chi connectivity index (χ3v) is 4.78. The highest BCUT2D eigenvalue weighted by molar-refractivity contribution is 5.48. The molecule has 2 aromatic heterocycles. The summed E-state index contributed by atoms with van der Waals surface area (Å²) >= 11 is 0. The lowest BCUT2D eigenvalue weighted by molar-refractivity contribution is -1.02. The Bertz CT molecular complexity index is 819. The molecular formula is C20H24N4O2+2. The van der Waals surface area contributed by atoms with Crippen LogP contribution >= 0.6 is 0 Å². The second kappa shape index (κ2) is 8.12. The van der Waals surface area contributed by atoms with E-state index in [4.69, 9.17) is 8.83 Å². The normalized spacial score (nSPS) is 20.6. The highest BCUT2D eigenvalue weighted by Gasteiger charge is 2.24. The van der Waals surface area contributed by atoms with Crippen molar-refractivity contribution in [2.45, 2.75) is 6.54 Å². The minimum atomic E-state index is 0.458. The highest BCUT2D eigenvalue weighted by atomic mass is 16.4. The van der Waals surface area contributed by atoms with Gasteiger partial charge in [-0.2, -0.15) is 0 Å². The minimum absolute atomic E-state index is 0.458. The highest BCUT2D eigenvalue weighted by Crippen LogP contribution is 2.17. The molecule has 0 spiro atoms. The van der Waals surface area contributed by atoms with E-state index in [1.807, 2.05) is 18.2 Å². The molecule has 2 N–H and O–H groups in total. The number of quaternary nitrogens is 2. The maximum atomic E-state index is 5.72. The van der Waals surface area contributed by atoms with Gasteiger partial charge < -0.3 is 18.6 Å². The van der Waals surface area contributed by atoms with Gasteiger partial charge in [-0.1, -0.05) is 36.4 Å². The molecule has 1 fully saturated rings. The Morgan fingerprint density at radius 1 is 0.923 bits per heavy atom. The molecule has 1 saturated heterocycles. The Balaban J connectivity index is 1.23. The predicted octanol–water partition coefficient (Wildman–Crippen LogP) is 0.326. The second-order valence-electron chi connectivity index (χ2n) is 6.67. The van der Waals surface area contributed by atoms with Crippen molar-refractivity contribution in [3.8, 4) is 11.7 Å². The van der Waals surface area contributed by atoms with Crippen LogP contribution in [0.2, 0.25) is 0 Å². The molecule has 0 aliphatic carbocycles. The summed E-state index contributed by atoms with van der Waals surface area (Å²) in [7, 11) is 0. The first-order valence-corrected chi connectivity index (χ1v) is 9.12. The molecule has 3 heterocycles. The standard InChI is InChI=1S/C20H22N4O2/c1-2-6-17(7-3-1)8-4-10-23-11-13-24(14-12-23)16-19-21-22-20(26-19)18-9-5-15-25-18/h1-9,15H,10-14,16H2/p+2/b8-4+. The van der Waals surface area contributed by atoms with E-state index in [1.54, 1.807) is 11.2 Å². The van der Waals surface area contributed by atoms with Gasteiger partial charge in [0.05, 0.1) is 12.8 Å². The average Bonchev–Trinajstić information content (AvgIpc) is 3.36. The molecular weight excluding hydrogens is 328 g/mol. The summed E-state index contributed by atoms with van der Waals surface area (Å²) in [5, 5.41) is 8.22. The first kappa shape index (κ1) is 16.8. The fourth-order valence-electron chi connectivity index (χ4n) is 3.30. The summed E-state index contributed by atoms with van der Waals surface area (Å²) in [4.78, 5) is 3.12. The number of hydrogen-bond donors (Lipinski definition) is 2. The monoisotopic (exact) mass is 352 g/mol. The molecule has 26 heavy (non-hydrogen) atoms. The fraction of sp³-hybridized carbons (Fsp3) is 0.300. The Morgan fingerprint density at radius 3 is 2.50 bits per heavy atom. The smallest absolute Gasteiger partial charge is 0.283 e. The Labute approximate surface area is 152 Å². The zero-order valence-corrected chi connectivity index (χ0v) is 14.7. The van der Waals surface area contributed by atoms with Crippen LogP contribution in [0.3, 0.4) is 0 Å². The lowest BCUT2D eigenvalue weighted by Gasteiger charge is -2.28. The summed E-state index contributed by atoms with van der Waals surface area (Å²) in [6.45, 7) is 6.41. The fourth-order valence-corrected chi connectivity index (χ4v) is 3.30. The molecule has 6 heteroatoms. The van der Waals surface area contributed by atoms with Crippen LogP contribution in [-0.2, 0) is 6.54 Å². The summed E-state index contributed by atoms with van der Waals surface area (Å²) in [6, 6.07) is 14.1. The third kappa shape index (κ3) is 4.28. The third-order valence-electron chi connectivity index (χ3n) is 4.78. The zero-order chi connectivity index (χ0) is 17.6. The van der Waals surface area contributed by atoms with E-state index in [1.165, 1.54) is 10.5 Å². The molecule has 0 saturated carbocycles. The van der Waals surface area contributed by atoms with Gasteiger partial charge in [0.15, 0.2) is 12.3 Å². The number of nitrogens with one attached hydrogen (secondary N) is 2. The molecule has 6 nitrogen and oxygen atoms in total. The first-order valence-electron chi connectivity index (χ1n) is 9.12. The molecule has 4 rings (SSSR count). The van der Waals surface area contributed by atoms with Crippen molar-refractivity contribution in [1.82, 2.24) is 10.2 Å². The van der Waals surface area contributed by atoms with Gasteiger partial charge >= 0.3 is 0 Å². The minimum Gasteiger partial charge on any atom is -0.459 e. The number of hydrogen-bond acceptors (Lipinski definition) is 4. The molecule has 0 unspecified atom stereocenters. The zero-order valence-electron chi connectivity index (χ0n) is 14.7. The van der Waals surface area contributed by atoms with Gasteiger partial charge in [0.25, 0.3) is 11.8 Å². The molecule has 1 aromatic carbocycles. The molecule has 3 aromatic rings. The number of benzene rings is 1. The average molecular weight is 352 g/mol. The van der Waals surface area contributed by atoms with Crippen molar-refractivity contribution in [3.05, 3.63) is 66.3 Å². The van der Waals surface area contributed by atoms with Crippen molar-refractivity contribution < 1.29 is 18.6 Å². The Kier molecular flexibility index (Phi) is 5.23. The van der Waals surface area contributed by atoms with Crippen LogP contribution in [-0.4, -0.2) is 42.9 Å². The topological polar surface area (TPSA) is 60.9 Å². The summed E-state index contributed by atoms with van der Waals surface area (Å²) in [5.74, 6) is 1.76. The van der Waals surface area contributed by atoms with Crippen LogP contribution in [0, 0.1) is 0 Å². The number of aromatic nitrogens is 2. The molecule has 0 radical (unpaired) electrons. The number of nitrogens with zero attached hydrogens (tertiary/aromatic N) is 2. The molecule has 0 atom stereocenters. The van der Waals surface area contributed by atoms with E-state index >= 15 is 0 Å². The van der Waals surface area contributed by atoms with Crippen molar-refractivity contribution in [1.29, 1.82) is 0 Å². The van der Waals surface area contributed by atoms with Gasteiger partial charge in [0, 0.05) is 0 Å². The number of furan rings is 1. The van der Waals surface area contributed by atoms with Gasteiger partial charge in [-0.25, -0.2) is 0 Å². The first-order chi connectivity index (χ1) is 12.9. The van der Waals surface area contributed by atoms with Crippen molar-refractivity contribution >= 4 is 6.08 Å². The number of rotatable bonds is 6. The lowest BCUT2D eigenvalue weighted by Crippen LogP contribution is -3.27. The second-order valence-corrected chi connectivity index (χ2v) is 6.67. The maximum Gasteiger partial charge on any atom is 0.283 e. The van der Waals surface area contributed by atoms with Gasteiger partial charge in [-0.05, 0) is 23.8 Å². The van der Waals surface area contributed by atoms with Crippen LogP contribution in [0.1, 0.15) is 11.5 Å². The van der Waals surface area contributed by atoms with Crippen LogP contribution in [0.5, 0.6) is 0 Å². The SMILES string of the molecule is C(=C\c1ccccc1)/C[NH+]1CC[NH+](Cc2nnc(-c3ccco3)o2)CC1. The van der Waals surface area contributed by atoms with Crippen molar-refractivity contribution in [2.24, 2.45) is 0 Å². The maximum absolute atomic E-state index is 5.72. The molecule has 134 valence electrons. The van der Waals surface area contributed by atoms with Crippen molar-refractivity contribution in [3.63, 3.8) is 0 Å². The summed E-state index contributed by atoms with van der Waals surface area (Å²) < 4.78 is 11.0. The molecule has 1 aliphatic heterocycles. The lowest BCUT2D eigenvalue weighted by atomic mass is 10.2. The van der Waals surface area contributed by atoms with Gasteiger partial charge in [0.2, 0.25) is 0 Å². The van der Waals surface area contributed by atoms with E-state index < -0.39 is 0 Å². The van der Waals surface area contributed by atoms with E-state index in [9.17, 15) is 0 Å². The number of piperazine rings is 1. The van der Waals surface area contributed by atoms with E-state index in [0.29, 0.717) is 17.5 Å². The van der Waals surface area contributed by atoms with Gasteiger partial charge in [0.1, 0.15) is 26.2 Å². The molecule has 0 bridgehead atoms. The summed E-state index contributed by atoms with van der Waals surface area (Å²) in [6.07, 6.45) is 6.10. The van der Waals surface area contributed by atoms with E-state index in [-0.39, 0.29) is 0 Å². The van der Waals surface area contributed by atoms with Gasteiger partial charge in [-0.15, -0.1) is 10.2 Å². The predicted molar refractivity (Wildman–Crippen MR) is 97.4 cm³/mol. The molecule has 1 aliphatic rings.